The van der Waals surface area contributed by atoms with Crippen LogP contribution in [0.1, 0.15) is 37.1 Å². The van der Waals surface area contributed by atoms with E-state index in [0.717, 1.165) is 37.0 Å². The Morgan fingerprint density at radius 2 is 1.92 bits per heavy atom. The molecule has 1 aromatic carbocycles. The molecule has 25 heavy (non-hydrogen) atoms. The Hall–Kier alpha value is -2.70. The Kier molecular flexibility index (Phi) is 3.99. The highest BCUT2D eigenvalue weighted by atomic mass is 16.5. The molecule has 7 nitrogen and oxygen atoms in total. The SMILES string of the molecule is COc1cccc(Cc2nc(N3C(=O)[C@H]4CCCC[C@H]4C3=O)n[nH]2)c1. The number of hydrogen-bond acceptors (Lipinski definition) is 5. The van der Waals surface area contributed by atoms with E-state index in [1.54, 1.807) is 7.11 Å². The number of hydrogen-bond donors (Lipinski definition) is 1. The standard InChI is InChI=1S/C18H20N4O3/c1-25-12-6-4-5-11(9-12)10-15-19-18(21-20-15)22-16(23)13-7-2-3-8-14(13)17(22)24/h4-6,9,13-14H,2-3,7-8,10H2,1H3,(H,19,20,21)/t13-,14+. The van der Waals surface area contributed by atoms with Gasteiger partial charge in [-0.1, -0.05) is 25.0 Å². The molecule has 1 aliphatic heterocycles. The van der Waals surface area contributed by atoms with Crippen LogP contribution in [0.25, 0.3) is 0 Å². The van der Waals surface area contributed by atoms with Gasteiger partial charge >= 0.3 is 0 Å². The fourth-order valence-corrected chi connectivity index (χ4v) is 3.80. The smallest absolute Gasteiger partial charge is 0.258 e. The molecule has 0 radical (unpaired) electrons. The number of imide groups is 1. The maximum absolute atomic E-state index is 12.6. The number of amides is 2. The first-order valence-corrected chi connectivity index (χ1v) is 8.59. The molecule has 1 saturated heterocycles. The number of benzene rings is 1. The van der Waals surface area contributed by atoms with E-state index in [-0.39, 0.29) is 29.6 Å². The van der Waals surface area contributed by atoms with Gasteiger partial charge in [0.25, 0.3) is 5.95 Å². The minimum Gasteiger partial charge on any atom is -0.497 e. The van der Waals surface area contributed by atoms with Crippen LogP contribution in [0.5, 0.6) is 5.75 Å². The molecule has 2 aromatic rings. The molecule has 0 bridgehead atoms. The summed E-state index contributed by atoms with van der Waals surface area (Å²) in [6, 6.07) is 7.66. The molecule has 0 spiro atoms. The molecule has 2 heterocycles. The van der Waals surface area contributed by atoms with Gasteiger partial charge in [0.1, 0.15) is 11.6 Å². The van der Waals surface area contributed by atoms with E-state index in [1.165, 1.54) is 4.90 Å². The Morgan fingerprint density at radius 3 is 2.60 bits per heavy atom. The van der Waals surface area contributed by atoms with Gasteiger partial charge in [-0.15, -0.1) is 5.10 Å². The maximum Gasteiger partial charge on any atom is 0.258 e. The summed E-state index contributed by atoms with van der Waals surface area (Å²) in [6.07, 6.45) is 4.10. The van der Waals surface area contributed by atoms with Gasteiger partial charge in [-0.25, -0.2) is 4.90 Å². The van der Waals surface area contributed by atoms with Crippen molar-refractivity contribution in [2.24, 2.45) is 11.8 Å². The van der Waals surface area contributed by atoms with Crippen LogP contribution < -0.4 is 9.64 Å². The van der Waals surface area contributed by atoms with E-state index in [4.69, 9.17) is 4.74 Å². The summed E-state index contributed by atoms with van der Waals surface area (Å²) in [5, 5.41) is 6.96. The van der Waals surface area contributed by atoms with Crippen molar-refractivity contribution in [3.8, 4) is 5.75 Å². The van der Waals surface area contributed by atoms with Crippen molar-refractivity contribution >= 4 is 17.8 Å². The second kappa shape index (κ2) is 6.31. The highest BCUT2D eigenvalue weighted by Crippen LogP contribution is 2.39. The molecule has 1 saturated carbocycles. The number of nitrogens with one attached hydrogen (secondary N) is 1. The zero-order valence-electron chi connectivity index (χ0n) is 14.1. The third-order valence-electron chi connectivity index (χ3n) is 5.07. The molecule has 130 valence electrons. The number of ether oxygens (including phenoxy) is 1. The van der Waals surface area contributed by atoms with Gasteiger partial charge in [-0.3, -0.25) is 14.7 Å². The summed E-state index contributed by atoms with van der Waals surface area (Å²) < 4.78 is 5.22. The van der Waals surface area contributed by atoms with Gasteiger partial charge in [0.2, 0.25) is 11.8 Å². The molecule has 0 unspecified atom stereocenters. The third-order valence-corrected chi connectivity index (χ3v) is 5.07. The van der Waals surface area contributed by atoms with Crippen LogP contribution >= 0.6 is 0 Å². The molecule has 2 fully saturated rings. The van der Waals surface area contributed by atoms with Crippen molar-refractivity contribution in [1.29, 1.82) is 0 Å². The average Bonchev–Trinajstić information content (AvgIpc) is 3.18. The minimum atomic E-state index is -0.193. The minimum absolute atomic E-state index is 0.151. The van der Waals surface area contributed by atoms with Crippen molar-refractivity contribution in [3.05, 3.63) is 35.7 Å². The maximum atomic E-state index is 12.6. The van der Waals surface area contributed by atoms with E-state index in [1.807, 2.05) is 24.3 Å². The molecule has 1 N–H and O–H groups in total. The topological polar surface area (TPSA) is 88.2 Å². The Morgan fingerprint density at radius 1 is 1.20 bits per heavy atom. The fraction of sp³-hybridized carbons (Fsp3) is 0.444. The summed E-state index contributed by atoms with van der Waals surface area (Å²) >= 11 is 0. The zero-order chi connectivity index (χ0) is 17.4. The van der Waals surface area contributed by atoms with Gasteiger partial charge in [-0.05, 0) is 30.5 Å². The summed E-state index contributed by atoms with van der Waals surface area (Å²) in [6.45, 7) is 0. The second-order valence-electron chi connectivity index (χ2n) is 6.62. The van der Waals surface area contributed by atoms with E-state index in [9.17, 15) is 9.59 Å². The van der Waals surface area contributed by atoms with Gasteiger partial charge in [0.05, 0.1) is 18.9 Å². The van der Waals surface area contributed by atoms with Crippen LogP contribution in [0.4, 0.5) is 5.95 Å². The summed E-state index contributed by atoms with van der Waals surface area (Å²) in [7, 11) is 1.62. The highest BCUT2D eigenvalue weighted by molar-refractivity contribution is 6.21. The summed E-state index contributed by atoms with van der Waals surface area (Å²) in [5.74, 6) is 0.860. The number of aromatic nitrogens is 3. The van der Waals surface area contributed by atoms with Gasteiger partial charge in [0.15, 0.2) is 0 Å². The van der Waals surface area contributed by atoms with Gasteiger partial charge < -0.3 is 4.74 Å². The first kappa shape index (κ1) is 15.8. The number of methoxy groups -OCH3 is 1. The number of H-pyrrole nitrogens is 1. The molecule has 7 heteroatoms. The largest absolute Gasteiger partial charge is 0.497 e. The molecule has 2 amide bonds. The lowest BCUT2D eigenvalue weighted by molar-refractivity contribution is -0.122. The van der Waals surface area contributed by atoms with E-state index in [0.29, 0.717) is 12.2 Å². The molecular weight excluding hydrogens is 320 g/mol. The van der Waals surface area contributed by atoms with Crippen LogP contribution in [-0.4, -0.2) is 34.1 Å². The Balaban J connectivity index is 1.54. The summed E-state index contributed by atoms with van der Waals surface area (Å²) in [4.78, 5) is 30.7. The first-order valence-electron chi connectivity index (χ1n) is 8.59. The number of nitrogens with zero attached hydrogens (tertiary/aromatic N) is 3. The van der Waals surface area contributed by atoms with Crippen molar-refractivity contribution in [3.63, 3.8) is 0 Å². The zero-order valence-corrected chi connectivity index (χ0v) is 14.1. The van der Waals surface area contributed by atoms with Crippen LogP contribution in [0.3, 0.4) is 0 Å². The lowest BCUT2D eigenvalue weighted by Gasteiger charge is -2.19. The number of aromatic amines is 1. The highest BCUT2D eigenvalue weighted by Gasteiger charge is 2.50. The first-order chi connectivity index (χ1) is 12.2. The predicted octanol–water partition coefficient (Wildman–Crippen LogP) is 2.08. The molecule has 4 rings (SSSR count). The van der Waals surface area contributed by atoms with Gasteiger partial charge in [-0.2, -0.15) is 4.98 Å². The van der Waals surface area contributed by atoms with Crippen molar-refractivity contribution in [2.45, 2.75) is 32.1 Å². The monoisotopic (exact) mass is 340 g/mol. The number of anilines is 1. The third kappa shape index (κ3) is 2.79. The summed E-state index contributed by atoms with van der Waals surface area (Å²) in [5.41, 5.74) is 1.01. The number of rotatable bonds is 4. The van der Waals surface area contributed by atoms with E-state index < -0.39 is 0 Å². The molecule has 2 atom stereocenters. The Labute approximate surface area is 145 Å². The van der Waals surface area contributed by atoms with Crippen molar-refractivity contribution in [1.82, 2.24) is 15.2 Å². The fourth-order valence-electron chi connectivity index (χ4n) is 3.80. The van der Waals surface area contributed by atoms with Crippen LogP contribution in [0.15, 0.2) is 24.3 Å². The lowest BCUT2D eigenvalue weighted by Crippen LogP contribution is -2.31. The number of fused-ring (bicyclic) bond motifs is 1. The predicted molar refractivity (Wildman–Crippen MR) is 90.1 cm³/mol. The molecular formula is C18H20N4O3. The lowest BCUT2D eigenvalue weighted by atomic mass is 9.81. The van der Waals surface area contributed by atoms with Crippen molar-refractivity contribution < 1.29 is 14.3 Å². The quantitative estimate of drug-likeness (QED) is 0.861. The molecule has 1 aliphatic carbocycles. The van der Waals surface area contributed by atoms with E-state index >= 15 is 0 Å². The Bertz CT molecular complexity index is 792. The number of carbonyl (C=O) groups is 2. The molecule has 2 aliphatic rings. The molecule has 1 aromatic heterocycles. The second-order valence-corrected chi connectivity index (χ2v) is 6.62. The van der Waals surface area contributed by atoms with Crippen LogP contribution in [-0.2, 0) is 16.0 Å². The van der Waals surface area contributed by atoms with E-state index in [2.05, 4.69) is 15.2 Å². The normalized spacial score (nSPS) is 23.0. The number of carbonyl (C=O) groups excluding carboxylic acids is 2. The van der Waals surface area contributed by atoms with Crippen LogP contribution in [0.2, 0.25) is 0 Å². The average molecular weight is 340 g/mol. The van der Waals surface area contributed by atoms with Crippen molar-refractivity contribution in [2.75, 3.05) is 12.0 Å². The van der Waals surface area contributed by atoms with Gasteiger partial charge in [0, 0.05) is 6.42 Å². The van der Waals surface area contributed by atoms with Crippen LogP contribution in [0, 0.1) is 11.8 Å².